The Morgan fingerprint density at radius 2 is 1.70 bits per heavy atom. The van der Waals surface area contributed by atoms with Crippen molar-refractivity contribution in [3.05, 3.63) is 93.5 Å². The zero-order chi connectivity index (χ0) is 22.8. The molecule has 7 nitrogen and oxygen atoms in total. The van der Waals surface area contributed by atoms with Gasteiger partial charge in [0.05, 0.1) is 4.92 Å². The normalized spacial score (nSPS) is 14.9. The summed E-state index contributed by atoms with van der Waals surface area (Å²) in [6, 6.07) is 20.9. The van der Waals surface area contributed by atoms with E-state index in [4.69, 9.17) is 0 Å². The van der Waals surface area contributed by atoms with Gasteiger partial charge in [-0.3, -0.25) is 14.9 Å². The number of nitro groups is 1. The summed E-state index contributed by atoms with van der Waals surface area (Å²) in [5.74, 6) is -0.347. The van der Waals surface area contributed by atoms with Gasteiger partial charge in [0.25, 0.3) is 11.6 Å². The topological polar surface area (TPSA) is 78.7 Å². The molecule has 7 heteroatoms. The lowest BCUT2D eigenvalue weighted by Gasteiger charge is -2.21. The van der Waals surface area contributed by atoms with Crippen molar-refractivity contribution in [3.8, 4) is 0 Å². The lowest BCUT2D eigenvalue weighted by Crippen LogP contribution is -2.22. The number of nitrogens with one attached hydrogen (secondary N) is 1. The maximum Gasteiger partial charge on any atom is 0.293 e. The third-order valence-corrected chi connectivity index (χ3v) is 6.49. The Balaban J connectivity index is 1.36. The van der Waals surface area contributed by atoms with Crippen LogP contribution < -0.4 is 15.1 Å². The van der Waals surface area contributed by atoms with Gasteiger partial charge in [-0.1, -0.05) is 36.4 Å². The highest BCUT2D eigenvalue weighted by atomic mass is 16.6. The van der Waals surface area contributed by atoms with Gasteiger partial charge < -0.3 is 15.1 Å². The van der Waals surface area contributed by atoms with E-state index >= 15 is 0 Å². The molecule has 3 aromatic rings. The summed E-state index contributed by atoms with van der Waals surface area (Å²) in [4.78, 5) is 28.7. The molecule has 0 atom stereocenters. The Morgan fingerprint density at radius 1 is 0.939 bits per heavy atom. The molecule has 1 amide bonds. The molecule has 1 saturated heterocycles. The number of carbonyl (C=O) groups excluding carboxylic acids is 1. The minimum Gasteiger partial charge on any atom is -0.367 e. The van der Waals surface area contributed by atoms with Crippen molar-refractivity contribution >= 4 is 28.7 Å². The molecule has 0 radical (unpaired) electrons. The van der Waals surface area contributed by atoms with E-state index in [1.807, 2.05) is 35.2 Å². The van der Waals surface area contributed by atoms with Crippen molar-refractivity contribution in [3.63, 3.8) is 0 Å². The van der Waals surface area contributed by atoms with Crippen molar-refractivity contribution in [2.75, 3.05) is 34.8 Å². The molecule has 0 spiro atoms. The third-order valence-electron chi connectivity index (χ3n) is 6.49. The standard InChI is InChI=1S/C26H26N4O3/c31-26(20-11-12-24(25(17-20)30(32)33)28-14-5-6-15-28)27-22-9-3-1-8-21(22)18-29-16-13-19-7-2-4-10-23(19)29/h1-4,7-12,17H,5-6,13-16,18H2,(H,27,31). The molecule has 0 aliphatic carbocycles. The fourth-order valence-electron chi connectivity index (χ4n) is 4.79. The van der Waals surface area contributed by atoms with Crippen LogP contribution in [0.4, 0.5) is 22.7 Å². The van der Waals surface area contributed by atoms with E-state index in [1.165, 1.54) is 17.3 Å². The molecule has 33 heavy (non-hydrogen) atoms. The molecule has 0 bridgehead atoms. The van der Waals surface area contributed by atoms with Gasteiger partial charge in [-0.15, -0.1) is 0 Å². The highest BCUT2D eigenvalue weighted by Crippen LogP contribution is 2.33. The molecule has 1 fully saturated rings. The van der Waals surface area contributed by atoms with Gasteiger partial charge in [-0.25, -0.2) is 0 Å². The number of hydrogen-bond donors (Lipinski definition) is 1. The minimum absolute atomic E-state index is 0.0218. The second-order valence-electron chi connectivity index (χ2n) is 8.57. The van der Waals surface area contributed by atoms with Crippen LogP contribution >= 0.6 is 0 Å². The lowest BCUT2D eigenvalue weighted by atomic mass is 10.1. The molecule has 2 aliphatic heterocycles. The van der Waals surface area contributed by atoms with Gasteiger partial charge in [0.1, 0.15) is 5.69 Å². The molecular formula is C26H26N4O3. The number of benzene rings is 3. The van der Waals surface area contributed by atoms with Crippen LogP contribution in [0.15, 0.2) is 66.7 Å². The molecule has 5 rings (SSSR count). The Bertz CT molecular complexity index is 1200. The molecule has 2 aliphatic rings. The van der Waals surface area contributed by atoms with Gasteiger partial charge in [0.2, 0.25) is 0 Å². The largest absolute Gasteiger partial charge is 0.367 e. The van der Waals surface area contributed by atoms with E-state index in [0.717, 1.165) is 50.1 Å². The van der Waals surface area contributed by atoms with Crippen molar-refractivity contribution in [2.45, 2.75) is 25.8 Å². The van der Waals surface area contributed by atoms with Crippen LogP contribution in [0.25, 0.3) is 0 Å². The van der Waals surface area contributed by atoms with E-state index in [0.29, 0.717) is 12.2 Å². The number of amides is 1. The number of nitro benzene ring substituents is 1. The number of anilines is 3. The maximum atomic E-state index is 13.0. The summed E-state index contributed by atoms with van der Waals surface area (Å²) in [5.41, 5.74) is 5.14. The van der Waals surface area contributed by atoms with Crippen molar-refractivity contribution in [2.24, 2.45) is 0 Å². The summed E-state index contributed by atoms with van der Waals surface area (Å²) < 4.78 is 0. The summed E-state index contributed by atoms with van der Waals surface area (Å²) in [5, 5.41) is 14.7. The molecular weight excluding hydrogens is 416 g/mol. The Morgan fingerprint density at radius 3 is 2.52 bits per heavy atom. The highest BCUT2D eigenvalue weighted by Gasteiger charge is 2.24. The predicted octanol–water partition coefficient (Wildman–Crippen LogP) is 5.01. The molecule has 2 heterocycles. The van der Waals surface area contributed by atoms with Gasteiger partial charge in [0.15, 0.2) is 0 Å². The second-order valence-corrected chi connectivity index (χ2v) is 8.57. The second kappa shape index (κ2) is 8.94. The molecule has 3 aromatic carbocycles. The molecule has 168 valence electrons. The fraction of sp³-hybridized carbons (Fsp3) is 0.269. The van der Waals surface area contributed by atoms with Gasteiger partial charge in [-0.2, -0.15) is 0 Å². The average molecular weight is 443 g/mol. The smallest absolute Gasteiger partial charge is 0.293 e. The number of rotatable bonds is 6. The zero-order valence-corrected chi connectivity index (χ0v) is 18.4. The highest BCUT2D eigenvalue weighted by molar-refractivity contribution is 6.05. The van der Waals surface area contributed by atoms with E-state index in [2.05, 4.69) is 28.4 Å². The first-order valence-electron chi connectivity index (χ1n) is 11.4. The molecule has 0 saturated carbocycles. The quantitative estimate of drug-likeness (QED) is 0.429. The summed E-state index contributed by atoms with van der Waals surface area (Å²) >= 11 is 0. The molecule has 0 aromatic heterocycles. The van der Waals surface area contributed by atoms with Crippen LogP contribution in [-0.2, 0) is 13.0 Å². The van der Waals surface area contributed by atoms with Crippen LogP contribution in [0.1, 0.15) is 34.3 Å². The predicted molar refractivity (Wildman–Crippen MR) is 130 cm³/mol. The number of para-hydroxylation sites is 2. The zero-order valence-electron chi connectivity index (χ0n) is 18.4. The summed E-state index contributed by atoms with van der Waals surface area (Å²) in [6.07, 6.45) is 3.06. The van der Waals surface area contributed by atoms with Crippen LogP contribution in [0.5, 0.6) is 0 Å². The monoisotopic (exact) mass is 442 g/mol. The lowest BCUT2D eigenvalue weighted by molar-refractivity contribution is -0.384. The minimum atomic E-state index is -0.400. The molecule has 0 unspecified atom stereocenters. The van der Waals surface area contributed by atoms with Gasteiger partial charge in [0, 0.05) is 49.2 Å². The SMILES string of the molecule is O=C(Nc1ccccc1CN1CCc2ccccc21)c1ccc(N2CCCC2)c([N+](=O)[O-])c1. The van der Waals surface area contributed by atoms with Crippen LogP contribution in [-0.4, -0.2) is 30.5 Å². The Hall–Kier alpha value is -3.87. The van der Waals surface area contributed by atoms with E-state index in [9.17, 15) is 14.9 Å². The summed E-state index contributed by atoms with van der Waals surface area (Å²) in [7, 11) is 0. The first-order valence-corrected chi connectivity index (χ1v) is 11.4. The first-order chi connectivity index (χ1) is 16.1. The van der Waals surface area contributed by atoms with Crippen molar-refractivity contribution < 1.29 is 9.72 Å². The Labute approximate surface area is 192 Å². The van der Waals surface area contributed by atoms with Crippen LogP contribution in [0, 0.1) is 10.1 Å². The molecule has 1 N–H and O–H groups in total. The van der Waals surface area contributed by atoms with Crippen LogP contribution in [0.2, 0.25) is 0 Å². The third kappa shape index (κ3) is 4.26. The number of hydrogen-bond acceptors (Lipinski definition) is 5. The van der Waals surface area contributed by atoms with Crippen molar-refractivity contribution in [1.82, 2.24) is 0 Å². The summed E-state index contributed by atoms with van der Waals surface area (Å²) in [6.45, 7) is 3.23. The number of carbonyl (C=O) groups is 1. The van der Waals surface area contributed by atoms with Gasteiger partial charge in [-0.05, 0) is 54.7 Å². The van der Waals surface area contributed by atoms with E-state index in [1.54, 1.807) is 12.1 Å². The maximum absolute atomic E-state index is 13.0. The van der Waals surface area contributed by atoms with Crippen molar-refractivity contribution in [1.29, 1.82) is 0 Å². The van der Waals surface area contributed by atoms with E-state index in [-0.39, 0.29) is 17.2 Å². The van der Waals surface area contributed by atoms with Gasteiger partial charge >= 0.3 is 0 Å². The van der Waals surface area contributed by atoms with Crippen LogP contribution in [0.3, 0.4) is 0 Å². The Kier molecular flexibility index (Phi) is 5.69. The number of nitrogens with zero attached hydrogens (tertiary/aromatic N) is 3. The van der Waals surface area contributed by atoms with E-state index < -0.39 is 4.92 Å². The fourth-order valence-corrected chi connectivity index (χ4v) is 4.79. The average Bonchev–Trinajstić information content (AvgIpc) is 3.51. The number of fused-ring (bicyclic) bond motifs is 1. The first kappa shape index (κ1) is 21.0.